The van der Waals surface area contributed by atoms with Gasteiger partial charge in [-0.05, 0) is 12.5 Å². The van der Waals surface area contributed by atoms with Gasteiger partial charge in [-0.3, -0.25) is 0 Å². The summed E-state index contributed by atoms with van der Waals surface area (Å²) < 4.78 is 10.7. The Kier molecular flexibility index (Phi) is 2.75. The Morgan fingerprint density at radius 1 is 1.30 bits per heavy atom. The molecular formula is C14H12ClN3O2. The number of fused-ring (bicyclic) bond motifs is 1. The Labute approximate surface area is 119 Å². The van der Waals surface area contributed by atoms with Crippen molar-refractivity contribution < 1.29 is 9.26 Å². The molecule has 0 aliphatic carbocycles. The van der Waals surface area contributed by atoms with Gasteiger partial charge in [-0.2, -0.15) is 4.98 Å². The van der Waals surface area contributed by atoms with Gasteiger partial charge in [-0.25, -0.2) is 0 Å². The monoisotopic (exact) mass is 289 g/mol. The van der Waals surface area contributed by atoms with Crippen LogP contribution in [-0.4, -0.2) is 28.3 Å². The Morgan fingerprint density at radius 2 is 2.20 bits per heavy atom. The molecule has 0 amide bonds. The molecule has 2 aromatic heterocycles. The molecule has 4 rings (SSSR count). The largest absolute Gasteiger partial charge is 0.381 e. The maximum Gasteiger partial charge on any atom is 0.275 e. The Morgan fingerprint density at radius 3 is 3.00 bits per heavy atom. The van der Waals surface area contributed by atoms with E-state index in [0.717, 1.165) is 23.9 Å². The van der Waals surface area contributed by atoms with Crippen LogP contribution in [0.2, 0.25) is 5.02 Å². The first-order chi connectivity index (χ1) is 9.83. The van der Waals surface area contributed by atoms with E-state index in [2.05, 4.69) is 15.1 Å². The van der Waals surface area contributed by atoms with Crippen molar-refractivity contribution in [2.24, 2.45) is 0 Å². The van der Waals surface area contributed by atoms with E-state index in [1.165, 1.54) is 0 Å². The average Bonchev–Trinajstić information content (AvgIpc) is 3.17. The molecule has 0 bridgehead atoms. The highest BCUT2D eigenvalue weighted by molar-refractivity contribution is 6.38. The molecule has 0 spiro atoms. The summed E-state index contributed by atoms with van der Waals surface area (Å²) in [4.78, 5) is 7.67. The number of hydrogen-bond donors (Lipinski definition) is 1. The maximum atomic E-state index is 6.38. The lowest BCUT2D eigenvalue weighted by molar-refractivity contribution is 0.192. The number of halogens is 1. The topological polar surface area (TPSA) is 63.9 Å². The third-order valence-corrected chi connectivity index (χ3v) is 3.99. The van der Waals surface area contributed by atoms with Crippen molar-refractivity contribution in [3.8, 4) is 11.6 Å². The first-order valence-corrected chi connectivity index (χ1v) is 6.88. The SMILES string of the molecule is Clc1c(-c2nc([C@@H]3CCOC3)no2)[nH]c2ccccc12. The van der Waals surface area contributed by atoms with Crippen molar-refractivity contribution >= 4 is 22.5 Å². The number of aromatic amines is 1. The number of aromatic nitrogens is 3. The number of benzene rings is 1. The van der Waals surface area contributed by atoms with Gasteiger partial charge in [0.15, 0.2) is 5.82 Å². The molecular weight excluding hydrogens is 278 g/mol. The summed E-state index contributed by atoms with van der Waals surface area (Å²) in [6, 6.07) is 7.82. The van der Waals surface area contributed by atoms with Gasteiger partial charge in [-0.15, -0.1) is 0 Å². The number of rotatable bonds is 2. The van der Waals surface area contributed by atoms with Crippen molar-refractivity contribution in [2.45, 2.75) is 12.3 Å². The number of H-pyrrole nitrogens is 1. The highest BCUT2D eigenvalue weighted by atomic mass is 35.5. The number of para-hydroxylation sites is 1. The smallest absolute Gasteiger partial charge is 0.275 e. The zero-order valence-corrected chi connectivity index (χ0v) is 11.4. The van der Waals surface area contributed by atoms with E-state index in [9.17, 15) is 0 Å². The summed E-state index contributed by atoms with van der Waals surface area (Å²) in [5.74, 6) is 1.33. The van der Waals surface area contributed by atoms with Crippen molar-refractivity contribution in [1.82, 2.24) is 15.1 Å². The van der Waals surface area contributed by atoms with E-state index in [-0.39, 0.29) is 5.92 Å². The van der Waals surface area contributed by atoms with Gasteiger partial charge in [0.25, 0.3) is 5.89 Å². The molecule has 20 heavy (non-hydrogen) atoms. The number of hydrogen-bond acceptors (Lipinski definition) is 4. The van der Waals surface area contributed by atoms with Crippen LogP contribution in [0.4, 0.5) is 0 Å². The first-order valence-electron chi connectivity index (χ1n) is 6.51. The van der Waals surface area contributed by atoms with Crippen LogP contribution in [-0.2, 0) is 4.74 Å². The predicted molar refractivity (Wildman–Crippen MR) is 74.8 cm³/mol. The third kappa shape index (κ3) is 1.82. The lowest BCUT2D eigenvalue weighted by Crippen LogP contribution is -1.99. The summed E-state index contributed by atoms with van der Waals surface area (Å²) in [7, 11) is 0. The van der Waals surface area contributed by atoms with E-state index >= 15 is 0 Å². The van der Waals surface area contributed by atoms with Gasteiger partial charge in [0, 0.05) is 23.4 Å². The number of ether oxygens (including phenoxy) is 1. The highest BCUT2D eigenvalue weighted by Crippen LogP contribution is 2.34. The Bertz CT molecular complexity index is 759. The van der Waals surface area contributed by atoms with E-state index < -0.39 is 0 Å². The van der Waals surface area contributed by atoms with Crippen LogP contribution in [0.15, 0.2) is 28.8 Å². The summed E-state index contributed by atoms with van der Waals surface area (Å²) in [6.45, 7) is 1.40. The molecule has 5 nitrogen and oxygen atoms in total. The zero-order valence-electron chi connectivity index (χ0n) is 10.6. The minimum atomic E-state index is 0.218. The number of nitrogens with one attached hydrogen (secondary N) is 1. The predicted octanol–water partition coefficient (Wildman–Crippen LogP) is 3.38. The third-order valence-electron chi connectivity index (χ3n) is 3.59. The normalized spacial score (nSPS) is 18.9. The molecule has 0 saturated carbocycles. The van der Waals surface area contributed by atoms with Crippen LogP contribution in [0.5, 0.6) is 0 Å². The van der Waals surface area contributed by atoms with E-state index in [1.807, 2.05) is 24.3 Å². The molecule has 1 atom stereocenters. The van der Waals surface area contributed by atoms with E-state index in [1.54, 1.807) is 0 Å². The molecule has 1 aliphatic rings. The molecule has 1 N–H and O–H groups in total. The van der Waals surface area contributed by atoms with Crippen LogP contribution in [0.3, 0.4) is 0 Å². The van der Waals surface area contributed by atoms with E-state index in [4.69, 9.17) is 20.9 Å². The molecule has 1 fully saturated rings. The highest BCUT2D eigenvalue weighted by Gasteiger charge is 2.25. The second-order valence-electron chi connectivity index (χ2n) is 4.88. The molecule has 102 valence electrons. The summed E-state index contributed by atoms with van der Waals surface area (Å²) in [5.41, 5.74) is 1.63. The second kappa shape index (κ2) is 4.61. The molecule has 0 radical (unpaired) electrons. The van der Waals surface area contributed by atoms with Crippen molar-refractivity contribution in [1.29, 1.82) is 0 Å². The fourth-order valence-electron chi connectivity index (χ4n) is 2.50. The first kappa shape index (κ1) is 11.9. The second-order valence-corrected chi connectivity index (χ2v) is 5.26. The van der Waals surface area contributed by atoms with Gasteiger partial charge >= 0.3 is 0 Å². The van der Waals surface area contributed by atoms with E-state index in [0.29, 0.717) is 29.0 Å². The molecule has 1 aliphatic heterocycles. The Balaban J connectivity index is 1.77. The Hall–Kier alpha value is -1.85. The van der Waals surface area contributed by atoms with Crippen LogP contribution >= 0.6 is 11.6 Å². The standard InChI is InChI=1S/C14H12ClN3O2/c15-11-9-3-1-2-4-10(9)16-12(11)14-17-13(18-20-14)8-5-6-19-7-8/h1-4,8,16H,5-7H2/t8-/m1/s1. The minimum Gasteiger partial charge on any atom is -0.381 e. The van der Waals surface area contributed by atoms with Crippen molar-refractivity contribution in [2.75, 3.05) is 13.2 Å². The van der Waals surface area contributed by atoms with Gasteiger partial charge in [0.2, 0.25) is 0 Å². The molecule has 1 aromatic carbocycles. The minimum absolute atomic E-state index is 0.218. The summed E-state index contributed by atoms with van der Waals surface area (Å²) in [6.07, 6.45) is 0.930. The molecule has 6 heteroatoms. The quantitative estimate of drug-likeness (QED) is 0.785. The molecule has 1 saturated heterocycles. The molecule has 0 unspecified atom stereocenters. The van der Waals surface area contributed by atoms with Crippen molar-refractivity contribution in [3.05, 3.63) is 35.1 Å². The van der Waals surface area contributed by atoms with Crippen LogP contribution in [0, 0.1) is 0 Å². The van der Waals surface area contributed by atoms with Gasteiger partial charge in [0.1, 0.15) is 5.69 Å². The maximum absolute atomic E-state index is 6.38. The van der Waals surface area contributed by atoms with Crippen LogP contribution in [0.1, 0.15) is 18.2 Å². The fraction of sp³-hybridized carbons (Fsp3) is 0.286. The fourth-order valence-corrected chi connectivity index (χ4v) is 2.79. The van der Waals surface area contributed by atoms with Gasteiger partial charge in [0.05, 0.1) is 11.6 Å². The van der Waals surface area contributed by atoms with Crippen LogP contribution < -0.4 is 0 Å². The molecule has 3 heterocycles. The zero-order chi connectivity index (χ0) is 13.5. The summed E-state index contributed by atoms with van der Waals surface area (Å²) >= 11 is 6.38. The average molecular weight is 290 g/mol. The lowest BCUT2D eigenvalue weighted by Gasteiger charge is -1.97. The van der Waals surface area contributed by atoms with Gasteiger partial charge in [-0.1, -0.05) is 35.0 Å². The number of nitrogens with zero attached hydrogens (tertiary/aromatic N) is 2. The molecule has 3 aromatic rings. The summed E-state index contributed by atoms with van der Waals surface area (Å²) in [5, 5.41) is 5.60. The van der Waals surface area contributed by atoms with Crippen LogP contribution in [0.25, 0.3) is 22.5 Å². The lowest BCUT2D eigenvalue weighted by atomic mass is 10.1. The van der Waals surface area contributed by atoms with Crippen molar-refractivity contribution in [3.63, 3.8) is 0 Å². The van der Waals surface area contributed by atoms with Gasteiger partial charge < -0.3 is 14.2 Å².